The second-order valence-corrected chi connectivity index (χ2v) is 2.50. The van der Waals surface area contributed by atoms with Gasteiger partial charge in [-0.05, 0) is 6.42 Å². The third kappa shape index (κ3) is 1.29. The van der Waals surface area contributed by atoms with E-state index in [1.807, 2.05) is 0 Å². The molecule has 0 saturated heterocycles. The van der Waals surface area contributed by atoms with E-state index in [4.69, 9.17) is 11.6 Å². The van der Waals surface area contributed by atoms with Crippen LogP contribution in [0.5, 0.6) is 0 Å². The van der Waals surface area contributed by atoms with Crippen molar-refractivity contribution in [2.24, 2.45) is 5.92 Å². The number of hydrogen-bond donors (Lipinski definition) is 1. The van der Waals surface area contributed by atoms with Crippen LogP contribution in [0.3, 0.4) is 0 Å². The lowest BCUT2D eigenvalue weighted by atomic mass is 9.83. The average Bonchev–Trinajstić information content (AvgIpc) is 1.85. The van der Waals surface area contributed by atoms with Gasteiger partial charge in [0.2, 0.25) is 5.91 Å². The largest absolute Gasteiger partial charge is 0.342 e. The van der Waals surface area contributed by atoms with Crippen molar-refractivity contribution in [3.8, 4) is 0 Å². The Balaban J connectivity index is 2.34. The number of carbonyl (C=O) groups is 2. The normalized spacial score (nSPS) is 23.7. The fraction of sp³-hybridized carbons (Fsp3) is 0.667. The van der Waals surface area contributed by atoms with E-state index in [1.165, 1.54) is 0 Å². The number of nitrogens with one attached hydrogen (secondary N) is 1. The van der Waals surface area contributed by atoms with Crippen molar-refractivity contribution in [1.82, 2.24) is 5.32 Å². The molecule has 1 rings (SSSR count). The minimum Gasteiger partial charge on any atom is -0.342 e. The lowest BCUT2D eigenvalue weighted by Crippen LogP contribution is -2.40. The molecule has 1 aliphatic carbocycles. The van der Waals surface area contributed by atoms with Crippen LogP contribution in [0.2, 0.25) is 0 Å². The number of rotatable bonds is 2. The number of alkyl halides is 1. The Morgan fingerprint density at radius 1 is 1.80 bits per heavy atom. The molecule has 1 N–H and O–H groups in total. The first-order chi connectivity index (χ1) is 4.75. The van der Waals surface area contributed by atoms with Crippen LogP contribution < -0.4 is 5.32 Å². The van der Waals surface area contributed by atoms with E-state index in [9.17, 15) is 9.59 Å². The SMILES string of the molecule is O=C1CCC1C(=O)NCCl. The zero-order valence-corrected chi connectivity index (χ0v) is 6.15. The maximum atomic E-state index is 10.8. The topological polar surface area (TPSA) is 46.2 Å². The molecule has 0 aromatic carbocycles. The van der Waals surface area contributed by atoms with Gasteiger partial charge in [0, 0.05) is 6.42 Å². The molecule has 56 valence electrons. The smallest absolute Gasteiger partial charge is 0.231 e. The fourth-order valence-corrected chi connectivity index (χ4v) is 1.00. The minimum atomic E-state index is -0.404. The van der Waals surface area contributed by atoms with Gasteiger partial charge >= 0.3 is 0 Å². The summed E-state index contributed by atoms with van der Waals surface area (Å²) in [6.45, 7) is 0. The maximum Gasteiger partial charge on any atom is 0.231 e. The quantitative estimate of drug-likeness (QED) is 0.359. The zero-order valence-electron chi connectivity index (χ0n) is 5.39. The molecule has 0 heterocycles. The number of halogens is 1. The van der Waals surface area contributed by atoms with Gasteiger partial charge in [-0.3, -0.25) is 9.59 Å². The molecule has 4 heteroatoms. The van der Waals surface area contributed by atoms with Crippen LogP contribution in [0.1, 0.15) is 12.8 Å². The maximum absolute atomic E-state index is 10.8. The molecule has 0 aromatic rings. The standard InChI is InChI=1S/C6H8ClNO2/c7-3-8-6(10)4-1-2-5(4)9/h4H,1-3H2,(H,8,10). The molecule has 1 saturated carbocycles. The van der Waals surface area contributed by atoms with Gasteiger partial charge in [0.05, 0.1) is 11.9 Å². The van der Waals surface area contributed by atoms with Gasteiger partial charge in [-0.1, -0.05) is 0 Å². The highest BCUT2D eigenvalue weighted by atomic mass is 35.5. The summed E-state index contributed by atoms with van der Waals surface area (Å²) in [4.78, 5) is 21.5. The van der Waals surface area contributed by atoms with E-state index in [0.29, 0.717) is 12.8 Å². The van der Waals surface area contributed by atoms with Crippen LogP contribution in [0, 0.1) is 5.92 Å². The van der Waals surface area contributed by atoms with Crippen molar-refractivity contribution < 1.29 is 9.59 Å². The Hall–Kier alpha value is -0.570. The van der Waals surface area contributed by atoms with Crippen molar-refractivity contribution in [1.29, 1.82) is 0 Å². The highest BCUT2D eigenvalue weighted by Gasteiger charge is 2.33. The molecular formula is C6H8ClNO2. The zero-order chi connectivity index (χ0) is 7.56. The third-order valence-electron chi connectivity index (χ3n) is 1.63. The third-order valence-corrected chi connectivity index (χ3v) is 1.76. The lowest BCUT2D eigenvalue weighted by Gasteiger charge is -2.21. The van der Waals surface area contributed by atoms with E-state index in [0.717, 1.165) is 0 Å². The molecule has 1 aliphatic rings. The van der Waals surface area contributed by atoms with Crippen LogP contribution in [-0.2, 0) is 9.59 Å². The molecular weight excluding hydrogens is 154 g/mol. The van der Waals surface area contributed by atoms with Gasteiger partial charge in [0.15, 0.2) is 0 Å². The van der Waals surface area contributed by atoms with Gasteiger partial charge in [0.25, 0.3) is 0 Å². The number of ketones is 1. The predicted molar refractivity (Wildman–Crippen MR) is 36.6 cm³/mol. The molecule has 0 radical (unpaired) electrons. The summed E-state index contributed by atoms with van der Waals surface area (Å²) < 4.78 is 0. The molecule has 1 atom stereocenters. The molecule has 3 nitrogen and oxygen atoms in total. The van der Waals surface area contributed by atoms with Gasteiger partial charge in [-0.15, -0.1) is 11.6 Å². The first-order valence-electron chi connectivity index (χ1n) is 3.12. The Labute approximate surface area is 63.7 Å². The van der Waals surface area contributed by atoms with Crippen LogP contribution in [0.15, 0.2) is 0 Å². The van der Waals surface area contributed by atoms with E-state index < -0.39 is 5.92 Å². The average molecular weight is 162 g/mol. The Morgan fingerprint density at radius 2 is 2.50 bits per heavy atom. The monoisotopic (exact) mass is 161 g/mol. The summed E-state index contributed by atoms with van der Waals surface area (Å²) in [6, 6.07) is 0.0859. The molecule has 0 aliphatic heterocycles. The molecule has 1 amide bonds. The van der Waals surface area contributed by atoms with Gasteiger partial charge in [0.1, 0.15) is 5.78 Å². The van der Waals surface area contributed by atoms with Crippen molar-refractivity contribution in [3.05, 3.63) is 0 Å². The van der Waals surface area contributed by atoms with E-state index in [1.54, 1.807) is 0 Å². The molecule has 10 heavy (non-hydrogen) atoms. The molecule has 1 fully saturated rings. The first-order valence-corrected chi connectivity index (χ1v) is 3.65. The molecule has 1 unspecified atom stereocenters. The van der Waals surface area contributed by atoms with Crippen LogP contribution in [0.4, 0.5) is 0 Å². The number of amides is 1. The van der Waals surface area contributed by atoms with Crippen molar-refractivity contribution in [2.75, 3.05) is 6.00 Å². The molecule has 0 aromatic heterocycles. The Morgan fingerprint density at radius 3 is 2.80 bits per heavy atom. The number of carbonyl (C=O) groups excluding carboxylic acids is 2. The summed E-state index contributed by atoms with van der Waals surface area (Å²) in [5, 5.41) is 2.38. The van der Waals surface area contributed by atoms with Gasteiger partial charge in [-0.2, -0.15) is 0 Å². The summed E-state index contributed by atoms with van der Waals surface area (Å²) in [5.74, 6) is -0.604. The summed E-state index contributed by atoms with van der Waals surface area (Å²) in [5.41, 5.74) is 0. The van der Waals surface area contributed by atoms with Crippen LogP contribution in [0.25, 0.3) is 0 Å². The van der Waals surface area contributed by atoms with E-state index in [2.05, 4.69) is 5.32 Å². The number of Topliss-reactive ketones (excluding diaryl/α,β-unsaturated/α-hetero) is 1. The van der Waals surface area contributed by atoms with E-state index in [-0.39, 0.29) is 17.7 Å². The van der Waals surface area contributed by atoms with Crippen LogP contribution in [-0.4, -0.2) is 17.7 Å². The van der Waals surface area contributed by atoms with Crippen molar-refractivity contribution >= 4 is 23.3 Å². The molecule has 0 bridgehead atoms. The summed E-state index contributed by atoms with van der Waals surface area (Å²) >= 11 is 5.23. The Kier molecular flexibility index (Phi) is 2.27. The minimum absolute atomic E-state index is 0.0302. The second-order valence-electron chi connectivity index (χ2n) is 2.23. The Bertz CT molecular complexity index is 169. The molecule has 0 spiro atoms. The highest BCUT2D eigenvalue weighted by molar-refractivity contribution is 6.19. The van der Waals surface area contributed by atoms with Gasteiger partial charge in [-0.25, -0.2) is 0 Å². The fourth-order valence-electron chi connectivity index (χ4n) is 0.873. The second kappa shape index (κ2) is 3.01. The first kappa shape index (κ1) is 7.54. The number of hydrogen-bond acceptors (Lipinski definition) is 2. The van der Waals surface area contributed by atoms with E-state index >= 15 is 0 Å². The highest BCUT2D eigenvalue weighted by Crippen LogP contribution is 2.21. The van der Waals surface area contributed by atoms with Crippen molar-refractivity contribution in [2.45, 2.75) is 12.8 Å². The van der Waals surface area contributed by atoms with Crippen LogP contribution >= 0.6 is 11.6 Å². The van der Waals surface area contributed by atoms with Crippen molar-refractivity contribution in [3.63, 3.8) is 0 Å². The van der Waals surface area contributed by atoms with Gasteiger partial charge < -0.3 is 5.32 Å². The summed E-state index contributed by atoms with van der Waals surface area (Å²) in [6.07, 6.45) is 1.22. The summed E-state index contributed by atoms with van der Waals surface area (Å²) in [7, 11) is 0. The predicted octanol–water partition coefficient (Wildman–Crippen LogP) is 0.278. The lowest BCUT2D eigenvalue weighted by molar-refractivity contribution is -0.139.